The molecule has 9 heteroatoms. The SMILES string of the molecule is CC(C)(C)OC(=O)N1CCC(n2cc(C(O)C3CCOC3)c3c(Cl)ncnc32)C1. The first-order valence-corrected chi connectivity index (χ1v) is 10.4. The van der Waals surface area contributed by atoms with Gasteiger partial charge in [-0.2, -0.15) is 0 Å². The molecule has 2 aromatic rings. The fraction of sp³-hybridized carbons (Fsp3) is 0.650. The van der Waals surface area contributed by atoms with E-state index < -0.39 is 11.7 Å². The van der Waals surface area contributed by atoms with E-state index >= 15 is 0 Å². The first-order valence-electron chi connectivity index (χ1n) is 9.99. The highest BCUT2D eigenvalue weighted by Gasteiger charge is 2.34. The number of aliphatic hydroxyl groups is 1. The van der Waals surface area contributed by atoms with Crippen LogP contribution >= 0.6 is 11.6 Å². The van der Waals surface area contributed by atoms with Gasteiger partial charge in [0.15, 0.2) is 0 Å². The van der Waals surface area contributed by atoms with Crippen LogP contribution in [-0.2, 0) is 9.47 Å². The number of aromatic nitrogens is 3. The minimum Gasteiger partial charge on any atom is -0.444 e. The zero-order valence-corrected chi connectivity index (χ0v) is 17.7. The maximum atomic E-state index is 12.4. The number of halogens is 1. The molecule has 4 heterocycles. The van der Waals surface area contributed by atoms with Gasteiger partial charge >= 0.3 is 6.09 Å². The van der Waals surface area contributed by atoms with Crippen molar-refractivity contribution in [2.75, 3.05) is 26.3 Å². The molecule has 3 atom stereocenters. The van der Waals surface area contributed by atoms with Crippen molar-refractivity contribution in [3.8, 4) is 0 Å². The van der Waals surface area contributed by atoms with Gasteiger partial charge in [-0.3, -0.25) is 0 Å². The third-order valence-electron chi connectivity index (χ3n) is 5.53. The Morgan fingerprint density at radius 2 is 2.17 bits per heavy atom. The average Bonchev–Trinajstić information content (AvgIpc) is 3.38. The lowest BCUT2D eigenvalue weighted by Gasteiger charge is -2.24. The molecule has 8 nitrogen and oxygen atoms in total. The second-order valence-electron chi connectivity index (χ2n) is 8.79. The highest BCUT2D eigenvalue weighted by molar-refractivity contribution is 6.34. The van der Waals surface area contributed by atoms with Crippen molar-refractivity contribution >= 4 is 28.7 Å². The topological polar surface area (TPSA) is 89.7 Å². The van der Waals surface area contributed by atoms with Gasteiger partial charge in [0.2, 0.25) is 0 Å². The normalized spacial score (nSPS) is 23.7. The minimum atomic E-state index is -0.701. The van der Waals surface area contributed by atoms with Crippen LogP contribution in [0, 0.1) is 5.92 Å². The summed E-state index contributed by atoms with van der Waals surface area (Å²) in [6.45, 7) is 7.87. The van der Waals surface area contributed by atoms with Crippen molar-refractivity contribution in [1.29, 1.82) is 0 Å². The summed E-state index contributed by atoms with van der Waals surface area (Å²) in [5.74, 6) is 0.0205. The van der Waals surface area contributed by atoms with E-state index in [1.54, 1.807) is 4.90 Å². The Balaban J connectivity index is 1.63. The van der Waals surface area contributed by atoms with E-state index in [9.17, 15) is 9.90 Å². The van der Waals surface area contributed by atoms with Crippen molar-refractivity contribution in [2.45, 2.75) is 51.4 Å². The number of nitrogens with zero attached hydrogens (tertiary/aromatic N) is 4. The number of ether oxygens (including phenoxy) is 2. The quantitative estimate of drug-likeness (QED) is 0.763. The summed E-state index contributed by atoms with van der Waals surface area (Å²) in [7, 11) is 0. The lowest BCUT2D eigenvalue weighted by molar-refractivity contribution is 0.0289. The molecule has 158 valence electrons. The second-order valence-corrected chi connectivity index (χ2v) is 9.15. The molecule has 0 aromatic carbocycles. The lowest BCUT2D eigenvalue weighted by Crippen LogP contribution is -2.35. The maximum Gasteiger partial charge on any atom is 0.410 e. The molecule has 0 bridgehead atoms. The van der Waals surface area contributed by atoms with Crippen molar-refractivity contribution in [3.63, 3.8) is 0 Å². The van der Waals surface area contributed by atoms with E-state index in [1.165, 1.54) is 6.33 Å². The van der Waals surface area contributed by atoms with E-state index in [1.807, 2.05) is 31.5 Å². The van der Waals surface area contributed by atoms with Crippen molar-refractivity contribution in [1.82, 2.24) is 19.4 Å². The Morgan fingerprint density at radius 1 is 1.38 bits per heavy atom. The van der Waals surface area contributed by atoms with Gasteiger partial charge in [-0.05, 0) is 33.6 Å². The molecule has 4 rings (SSSR count). The van der Waals surface area contributed by atoms with E-state index in [2.05, 4.69) is 9.97 Å². The summed E-state index contributed by atoms with van der Waals surface area (Å²) in [6, 6.07) is 0.0248. The molecule has 2 aromatic heterocycles. The molecule has 1 N–H and O–H groups in total. The third kappa shape index (κ3) is 4.06. The van der Waals surface area contributed by atoms with Gasteiger partial charge in [-0.15, -0.1) is 0 Å². The Morgan fingerprint density at radius 3 is 2.86 bits per heavy atom. The molecule has 0 saturated carbocycles. The predicted octanol–water partition coefficient (Wildman–Crippen LogP) is 3.34. The summed E-state index contributed by atoms with van der Waals surface area (Å²) >= 11 is 6.39. The molecule has 0 aliphatic carbocycles. The molecule has 2 fully saturated rings. The summed E-state index contributed by atoms with van der Waals surface area (Å²) in [6.07, 6.45) is 3.90. The first-order chi connectivity index (χ1) is 13.7. The number of likely N-dealkylation sites (tertiary alicyclic amines) is 1. The number of amides is 1. The minimum absolute atomic E-state index is 0.0205. The standard InChI is InChI=1S/C20H27ClN4O4/c1-20(2,3)29-19(27)24-6-4-13(8-24)25-9-14(16(26)12-5-7-28-10-12)15-17(21)22-11-23-18(15)25/h9,11-13,16,26H,4-8,10H2,1-3H3. The molecule has 2 saturated heterocycles. The van der Waals surface area contributed by atoms with Crippen molar-refractivity contribution in [2.24, 2.45) is 5.92 Å². The number of carbonyl (C=O) groups excluding carboxylic acids is 1. The Hall–Kier alpha value is -1.90. The number of carbonyl (C=O) groups is 1. The monoisotopic (exact) mass is 422 g/mol. The summed E-state index contributed by atoms with van der Waals surface area (Å²) in [5, 5.41) is 12.0. The maximum absolute atomic E-state index is 12.4. The van der Waals surface area contributed by atoms with Crippen LogP contribution in [0.25, 0.3) is 11.0 Å². The molecule has 0 spiro atoms. The average molecular weight is 423 g/mol. The van der Waals surface area contributed by atoms with E-state index in [0.29, 0.717) is 42.5 Å². The van der Waals surface area contributed by atoms with Gasteiger partial charge in [0.1, 0.15) is 22.7 Å². The van der Waals surface area contributed by atoms with Gasteiger partial charge in [0, 0.05) is 37.4 Å². The second kappa shape index (κ2) is 7.74. The van der Waals surface area contributed by atoms with Crippen LogP contribution in [0.15, 0.2) is 12.5 Å². The van der Waals surface area contributed by atoms with Gasteiger partial charge < -0.3 is 24.0 Å². The summed E-state index contributed by atoms with van der Waals surface area (Å²) < 4.78 is 13.0. The molecule has 2 aliphatic rings. The van der Waals surface area contributed by atoms with Crippen LogP contribution in [0.5, 0.6) is 0 Å². The molecule has 3 unspecified atom stereocenters. The largest absolute Gasteiger partial charge is 0.444 e. The third-order valence-corrected chi connectivity index (χ3v) is 5.82. The van der Waals surface area contributed by atoms with Crippen LogP contribution in [0.1, 0.15) is 51.3 Å². The molecular weight excluding hydrogens is 396 g/mol. The fourth-order valence-corrected chi connectivity index (χ4v) is 4.33. The Kier molecular flexibility index (Phi) is 5.44. The predicted molar refractivity (Wildman–Crippen MR) is 108 cm³/mol. The number of aliphatic hydroxyl groups excluding tert-OH is 1. The number of rotatable bonds is 3. The van der Waals surface area contributed by atoms with Crippen molar-refractivity contribution < 1.29 is 19.4 Å². The fourth-order valence-electron chi connectivity index (χ4n) is 4.09. The Bertz CT molecular complexity index is 904. The van der Waals surface area contributed by atoms with Gasteiger partial charge in [-0.25, -0.2) is 14.8 Å². The molecule has 0 radical (unpaired) electrons. The van der Waals surface area contributed by atoms with E-state index in [0.717, 1.165) is 18.4 Å². The van der Waals surface area contributed by atoms with Gasteiger partial charge in [0.25, 0.3) is 0 Å². The van der Waals surface area contributed by atoms with Crippen LogP contribution < -0.4 is 0 Å². The first kappa shape index (κ1) is 20.4. The zero-order valence-electron chi connectivity index (χ0n) is 17.0. The number of fused-ring (bicyclic) bond motifs is 1. The molecule has 1 amide bonds. The molecular formula is C20H27ClN4O4. The van der Waals surface area contributed by atoms with Crippen LogP contribution in [0.3, 0.4) is 0 Å². The molecule has 29 heavy (non-hydrogen) atoms. The van der Waals surface area contributed by atoms with Crippen LogP contribution in [0.2, 0.25) is 5.15 Å². The number of hydrogen-bond acceptors (Lipinski definition) is 6. The smallest absolute Gasteiger partial charge is 0.410 e. The highest BCUT2D eigenvalue weighted by Crippen LogP contribution is 2.38. The lowest BCUT2D eigenvalue weighted by atomic mass is 9.96. The van der Waals surface area contributed by atoms with Crippen LogP contribution in [-0.4, -0.2) is 62.5 Å². The highest BCUT2D eigenvalue weighted by atomic mass is 35.5. The van der Waals surface area contributed by atoms with Gasteiger partial charge in [-0.1, -0.05) is 11.6 Å². The zero-order chi connectivity index (χ0) is 20.8. The summed E-state index contributed by atoms with van der Waals surface area (Å²) in [5.41, 5.74) is 0.863. The molecule has 2 aliphatic heterocycles. The summed E-state index contributed by atoms with van der Waals surface area (Å²) in [4.78, 5) is 22.7. The number of hydrogen-bond donors (Lipinski definition) is 1. The van der Waals surface area contributed by atoms with E-state index in [-0.39, 0.29) is 18.1 Å². The Labute approximate surface area is 174 Å². The van der Waals surface area contributed by atoms with Crippen LogP contribution in [0.4, 0.5) is 4.79 Å². The van der Waals surface area contributed by atoms with Gasteiger partial charge in [0.05, 0.1) is 24.1 Å². The van der Waals surface area contributed by atoms with Crippen molar-refractivity contribution in [3.05, 3.63) is 23.2 Å². The van der Waals surface area contributed by atoms with E-state index in [4.69, 9.17) is 21.1 Å².